The fourth-order valence-electron chi connectivity index (χ4n) is 2.37. The Balaban J connectivity index is 2.45. The molecular weight excluding hydrogens is 332 g/mol. The van der Waals surface area contributed by atoms with Crippen molar-refractivity contribution in [2.75, 3.05) is 13.2 Å². The second-order valence-electron chi connectivity index (χ2n) is 5.43. The summed E-state index contributed by atoms with van der Waals surface area (Å²) in [6.45, 7) is 4.94. The second kappa shape index (κ2) is 9.23. The van der Waals surface area contributed by atoms with Crippen molar-refractivity contribution in [3.8, 4) is 17.6 Å². The van der Waals surface area contributed by atoms with Gasteiger partial charge in [-0.05, 0) is 43.2 Å². The highest BCUT2D eigenvalue weighted by Crippen LogP contribution is 2.34. The molecule has 2 aromatic carbocycles. The monoisotopic (exact) mass is 352 g/mol. The van der Waals surface area contributed by atoms with Crippen molar-refractivity contribution in [2.24, 2.45) is 0 Å². The SMILES string of the molecule is CCCOc1c(/C=C(\C#N)c2ccc([N+](=O)[O-])cc2)cccc1OCC. The molecule has 6 nitrogen and oxygen atoms in total. The Morgan fingerprint density at radius 3 is 2.50 bits per heavy atom. The fourth-order valence-corrected chi connectivity index (χ4v) is 2.37. The van der Waals surface area contributed by atoms with Crippen LogP contribution in [-0.2, 0) is 0 Å². The molecule has 0 bridgehead atoms. The highest BCUT2D eigenvalue weighted by Gasteiger charge is 2.12. The van der Waals surface area contributed by atoms with E-state index in [-0.39, 0.29) is 5.69 Å². The summed E-state index contributed by atoms with van der Waals surface area (Å²) >= 11 is 0. The quantitative estimate of drug-likeness (QED) is 0.293. The number of para-hydroxylation sites is 1. The van der Waals surface area contributed by atoms with Gasteiger partial charge in [0, 0.05) is 17.7 Å². The molecule has 0 fully saturated rings. The molecule has 0 aliphatic carbocycles. The zero-order valence-corrected chi connectivity index (χ0v) is 14.8. The van der Waals surface area contributed by atoms with Crippen LogP contribution < -0.4 is 9.47 Å². The highest BCUT2D eigenvalue weighted by molar-refractivity contribution is 5.91. The van der Waals surface area contributed by atoms with E-state index in [9.17, 15) is 15.4 Å². The number of rotatable bonds is 8. The first-order valence-electron chi connectivity index (χ1n) is 8.35. The molecule has 0 aliphatic rings. The van der Waals surface area contributed by atoms with Crippen LogP contribution >= 0.6 is 0 Å². The van der Waals surface area contributed by atoms with Gasteiger partial charge < -0.3 is 9.47 Å². The van der Waals surface area contributed by atoms with Gasteiger partial charge in [0.1, 0.15) is 0 Å². The van der Waals surface area contributed by atoms with E-state index in [1.165, 1.54) is 12.1 Å². The molecule has 2 rings (SSSR count). The van der Waals surface area contributed by atoms with Gasteiger partial charge in [-0.1, -0.05) is 19.1 Å². The van der Waals surface area contributed by atoms with Crippen LogP contribution in [0.2, 0.25) is 0 Å². The summed E-state index contributed by atoms with van der Waals surface area (Å²) in [5, 5.41) is 20.3. The fraction of sp³-hybridized carbons (Fsp3) is 0.250. The average molecular weight is 352 g/mol. The van der Waals surface area contributed by atoms with E-state index in [1.54, 1.807) is 18.2 Å². The van der Waals surface area contributed by atoms with Crippen molar-refractivity contribution in [3.63, 3.8) is 0 Å². The number of nitriles is 1. The number of ether oxygens (including phenoxy) is 2. The van der Waals surface area contributed by atoms with Gasteiger partial charge in [0.25, 0.3) is 5.69 Å². The largest absolute Gasteiger partial charge is 0.490 e. The van der Waals surface area contributed by atoms with Crippen LogP contribution in [0.1, 0.15) is 31.4 Å². The van der Waals surface area contributed by atoms with Crippen molar-refractivity contribution in [1.82, 2.24) is 0 Å². The van der Waals surface area contributed by atoms with E-state index in [4.69, 9.17) is 9.47 Å². The lowest BCUT2D eigenvalue weighted by atomic mass is 10.0. The van der Waals surface area contributed by atoms with Crippen LogP contribution in [0, 0.1) is 21.4 Å². The van der Waals surface area contributed by atoms with Crippen LogP contribution in [-0.4, -0.2) is 18.1 Å². The van der Waals surface area contributed by atoms with Crippen LogP contribution in [0.4, 0.5) is 5.69 Å². The average Bonchev–Trinajstić information content (AvgIpc) is 2.65. The van der Waals surface area contributed by atoms with E-state index >= 15 is 0 Å². The minimum atomic E-state index is -0.470. The number of nitro groups is 1. The van der Waals surface area contributed by atoms with Gasteiger partial charge in [-0.15, -0.1) is 0 Å². The smallest absolute Gasteiger partial charge is 0.269 e. The first-order valence-corrected chi connectivity index (χ1v) is 8.35. The first-order chi connectivity index (χ1) is 12.6. The molecule has 2 aromatic rings. The zero-order valence-electron chi connectivity index (χ0n) is 14.8. The number of allylic oxidation sites excluding steroid dienone is 1. The minimum absolute atomic E-state index is 0.0173. The van der Waals surface area contributed by atoms with E-state index in [1.807, 2.05) is 32.0 Å². The van der Waals surface area contributed by atoms with Gasteiger partial charge in [0.15, 0.2) is 11.5 Å². The lowest BCUT2D eigenvalue weighted by molar-refractivity contribution is -0.384. The second-order valence-corrected chi connectivity index (χ2v) is 5.43. The van der Waals surface area contributed by atoms with Crippen LogP contribution in [0.25, 0.3) is 11.6 Å². The molecule has 0 saturated heterocycles. The standard InChI is InChI=1S/C20H20N2O4/c1-3-12-26-20-16(6-5-7-19(20)25-4-2)13-17(14-21)15-8-10-18(11-9-15)22(23)24/h5-11,13H,3-4,12H2,1-2H3/b17-13+. The lowest BCUT2D eigenvalue weighted by Gasteiger charge is -2.14. The Hall–Kier alpha value is -3.33. The number of non-ortho nitro benzene ring substituents is 1. The lowest BCUT2D eigenvalue weighted by Crippen LogP contribution is -2.01. The zero-order chi connectivity index (χ0) is 18.9. The predicted octanol–water partition coefficient (Wildman–Crippen LogP) is 4.85. The van der Waals surface area contributed by atoms with Crippen molar-refractivity contribution < 1.29 is 14.4 Å². The van der Waals surface area contributed by atoms with Crippen molar-refractivity contribution in [2.45, 2.75) is 20.3 Å². The Bertz CT molecular complexity index is 836. The number of benzene rings is 2. The van der Waals surface area contributed by atoms with Crippen molar-refractivity contribution in [1.29, 1.82) is 5.26 Å². The summed E-state index contributed by atoms with van der Waals surface area (Å²) in [6.07, 6.45) is 2.55. The molecule has 0 heterocycles. The molecule has 0 unspecified atom stereocenters. The maximum Gasteiger partial charge on any atom is 0.269 e. The van der Waals surface area contributed by atoms with Crippen LogP contribution in [0.15, 0.2) is 42.5 Å². The summed E-state index contributed by atoms with van der Waals surface area (Å²) in [5.74, 6) is 1.21. The molecular formula is C20H20N2O4. The van der Waals surface area contributed by atoms with E-state index in [2.05, 4.69) is 6.07 Å². The van der Waals surface area contributed by atoms with E-state index in [0.29, 0.717) is 35.8 Å². The number of hydrogen-bond donors (Lipinski definition) is 0. The number of nitrogens with zero attached hydrogens (tertiary/aromatic N) is 2. The summed E-state index contributed by atoms with van der Waals surface area (Å²) in [5.41, 5.74) is 1.69. The molecule has 0 N–H and O–H groups in total. The topological polar surface area (TPSA) is 85.4 Å². The summed E-state index contributed by atoms with van der Waals surface area (Å²) in [7, 11) is 0. The molecule has 134 valence electrons. The van der Waals surface area contributed by atoms with Crippen molar-refractivity contribution >= 4 is 17.3 Å². The van der Waals surface area contributed by atoms with E-state index < -0.39 is 4.92 Å². The molecule has 0 radical (unpaired) electrons. The molecule has 0 amide bonds. The Morgan fingerprint density at radius 2 is 1.92 bits per heavy atom. The van der Waals surface area contributed by atoms with Crippen LogP contribution in [0.3, 0.4) is 0 Å². The molecule has 6 heteroatoms. The van der Waals surface area contributed by atoms with E-state index in [0.717, 1.165) is 12.0 Å². The Kier molecular flexibility index (Phi) is 6.75. The highest BCUT2D eigenvalue weighted by atomic mass is 16.6. The van der Waals surface area contributed by atoms with Gasteiger partial charge in [0.2, 0.25) is 0 Å². The third kappa shape index (κ3) is 4.61. The van der Waals surface area contributed by atoms with Gasteiger partial charge >= 0.3 is 0 Å². The Labute approximate surface area is 152 Å². The summed E-state index contributed by atoms with van der Waals surface area (Å²) in [6, 6.07) is 13.5. The number of nitro benzene ring substituents is 1. The van der Waals surface area contributed by atoms with Crippen molar-refractivity contribution in [3.05, 3.63) is 63.7 Å². The molecule has 0 aromatic heterocycles. The molecule has 0 atom stereocenters. The maximum atomic E-state index is 10.8. The summed E-state index contributed by atoms with van der Waals surface area (Å²) in [4.78, 5) is 10.3. The van der Waals surface area contributed by atoms with Gasteiger partial charge in [0.05, 0.1) is 29.8 Å². The minimum Gasteiger partial charge on any atom is -0.490 e. The van der Waals surface area contributed by atoms with Gasteiger partial charge in [-0.2, -0.15) is 5.26 Å². The Morgan fingerprint density at radius 1 is 1.19 bits per heavy atom. The third-order valence-corrected chi connectivity index (χ3v) is 3.57. The molecule has 26 heavy (non-hydrogen) atoms. The molecule has 0 spiro atoms. The maximum absolute atomic E-state index is 10.8. The summed E-state index contributed by atoms with van der Waals surface area (Å²) < 4.78 is 11.5. The van der Waals surface area contributed by atoms with Gasteiger partial charge in [-0.25, -0.2) is 0 Å². The molecule has 0 saturated carbocycles. The predicted molar refractivity (Wildman–Crippen MR) is 100.0 cm³/mol. The van der Waals surface area contributed by atoms with Gasteiger partial charge in [-0.3, -0.25) is 10.1 Å². The van der Waals surface area contributed by atoms with Crippen LogP contribution in [0.5, 0.6) is 11.5 Å². The normalized spacial score (nSPS) is 10.9. The first kappa shape index (κ1) is 19.0. The third-order valence-electron chi connectivity index (χ3n) is 3.57. The number of hydrogen-bond acceptors (Lipinski definition) is 5. The molecule has 0 aliphatic heterocycles.